The summed E-state index contributed by atoms with van der Waals surface area (Å²) in [5.41, 5.74) is 4.22. The molecule has 2 aromatic rings. The summed E-state index contributed by atoms with van der Waals surface area (Å²) < 4.78 is 0. The Hall–Kier alpha value is -2.09. The highest BCUT2D eigenvalue weighted by Gasteiger charge is 2.33. The zero-order valence-corrected chi connectivity index (χ0v) is 12.6. The van der Waals surface area contributed by atoms with Crippen molar-refractivity contribution in [3.63, 3.8) is 0 Å². The first-order valence-corrected chi connectivity index (χ1v) is 7.57. The van der Waals surface area contributed by atoms with E-state index in [4.69, 9.17) is 0 Å². The number of benzene rings is 2. The maximum atomic E-state index is 12.6. The van der Waals surface area contributed by atoms with Gasteiger partial charge >= 0.3 is 0 Å². The van der Waals surface area contributed by atoms with Gasteiger partial charge in [0, 0.05) is 5.56 Å². The van der Waals surface area contributed by atoms with Gasteiger partial charge in [-0.25, -0.2) is 0 Å². The zero-order chi connectivity index (χ0) is 14.8. The lowest BCUT2D eigenvalue weighted by Gasteiger charge is -2.19. The molecule has 108 valence electrons. The molecule has 1 aliphatic carbocycles. The van der Waals surface area contributed by atoms with Crippen molar-refractivity contribution < 1.29 is 4.79 Å². The van der Waals surface area contributed by atoms with Gasteiger partial charge in [-0.15, -0.1) is 0 Å². The minimum absolute atomic E-state index is 0.0301. The normalized spacial score (nSPS) is 15.5. The fourth-order valence-corrected chi connectivity index (χ4v) is 2.89. The van der Waals surface area contributed by atoms with E-state index in [9.17, 15) is 4.79 Å². The molecular formula is C19H21NO. The van der Waals surface area contributed by atoms with Crippen molar-refractivity contribution in [2.45, 2.75) is 32.7 Å². The van der Waals surface area contributed by atoms with E-state index in [-0.39, 0.29) is 11.9 Å². The lowest BCUT2D eigenvalue weighted by Crippen LogP contribution is -2.30. The van der Waals surface area contributed by atoms with Gasteiger partial charge in [-0.1, -0.05) is 47.5 Å². The minimum atomic E-state index is 0.0301. The van der Waals surface area contributed by atoms with Crippen molar-refractivity contribution in [1.29, 1.82) is 0 Å². The smallest absolute Gasteiger partial charge is 0.251 e. The zero-order valence-electron chi connectivity index (χ0n) is 12.6. The molecule has 1 atom stereocenters. The van der Waals surface area contributed by atoms with E-state index in [0.717, 1.165) is 16.7 Å². The van der Waals surface area contributed by atoms with Crippen LogP contribution in [0.15, 0.2) is 48.5 Å². The monoisotopic (exact) mass is 279 g/mol. The molecule has 21 heavy (non-hydrogen) atoms. The van der Waals surface area contributed by atoms with E-state index in [2.05, 4.69) is 23.5 Å². The number of nitrogens with one attached hydrogen (secondary N) is 1. The molecule has 0 bridgehead atoms. The molecule has 0 spiro atoms. The van der Waals surface area contributed by atoms with Crippen LogP contribution in [0.5, 0.6) is 0 Å². The summed E-state index contributed by atoms with van der Waals surface area (Å²) >= 11 is 0. The topological polar surface area (TPSA) is 29.1 Å². The van der Waals surface area contributed by atoms with Crippen LogP contribution in [0.1, 0.15) is 45.9 Å². The Morgan fingerprint density at radius 2 is 1.67 bits per heavy atom. The highest BCUT2D eigenvalue weighted by atomic mass is 16.1. The van der Waals surface area contributed by atoms with Crippen molar-refractivity contribution in [2.24, 2.45) is 5.92 Å². The second-order valence-corrected chi connectivity index (χ2v) is 6.08. The molecule has 3 rings (SSSR count). The Balaban J connectivity index is 1.81. The van der Waals surface area contributed by atoms with Crippen LogP contribution in [0, 0.1) is 19.8 Å². The van der Waals surface area contributed by atoms with Gasteiger partial charge in [0.1, 0.15) is 0 Å². The molecule has 0 saturated heterocycles. The number of hydrogen-bond acceptors (Lipinski definition) is 1. The van der Waals surface area contributed by atoms with Crippen LogP contribution >= 0.6 is 0 Å². The average molecular weight is 279 g/mol. The van der Waals surface area contributed by atoms with E-state index in [1.54, 1.807) is 0 Å². The summed E-state index contributed by atoms with van der Waals surface area (Å²) in [5, 5.41) is 3.23. The second-order valence-electron chi connectivity index (χ2n) is 6.08. The standard InChI is InChI=1S/C19H21NO/c1-13-10-14(2)12-17(11-13)19(21)20-18(16-8-9-16)15-6-4-3-5-7-15/h3-7,10-12,16,18H,8-9H2,1-2H3,(H,20,21)/t18-/m1/s1. The summed E-state index contributed by atoms with van der Waals surface area (Å²) in [6.45, 7) is 4.05. The molecule has 0 aromatic heterocycles. The van der Waals surface area contributed by atoms with Crippen LogP contribution in [-0.4, -0.2) is 5.91 Å². The van der Waals surface area contributed by atoms with Gasteiger partial charge in [-0.3, -0.25) is 4.79 Å². The van der Waals surface area contributed by atoms with Gasteiger partial charge in [0.2, 0.25) is 0 Å². The Kier molecular flexibility index (Phi) is 3.78. The molecular weight excluding hydrogens is 258 g/mol. The first kappa shape index (κ1) is 13.9. The number of amides is 1. The SMILES string of the molecule is Cc1cc(C)cc(C(=O)N[C@H](c2ccccc2)C2CC2)c1. The van der Waals surface area contributed by atoms with Crippen LogP contribution in [0.3, 0.4) is 0 Å². The molecule has 2 aromatic carbocycles. The summed E-state index contributed by atoms with van der Waals surface area (Å²) in [7, 11) is 0. The largest absolute Gasteiger partial charge is 0.345 e. The van der Waals surface area contributed by atoms with E-state index < -0.39 is 0 Å². The van der Waals surface area contributed by atoms with Crippen molar-refractivity contribution >= 4 is 5.91 Å². The highest BCUT2D eigenvalue weighted by Crippen LogP contribution is 2.41. The van der Waals surface area contributed by atoms with Crippen LogP contribution in [0.4, 0.5) is 0 Å². The molecule has 2 nitrogen and oxygen atoms in total. The van der Waals surface area contributed by atoms with E-state index in [1.807, 2.05) is 44.2 Å². The Labute approximate surface area is 126 Å². The number of carbonyl (C=O) groups is 1. The molecule has 1 saturated carbocycles. The fraction of sp³-hybridized carbons (Fsp3) is 0.316. The molecule has 1 fully saturated rings. The third-order valence-electron chi connectivity index (χ3n) is 4.02. The van der Waals surface area contributed by atoms with E-state index in [1.165, 1.54) is 18.4 Å². The summed E-state index contributed by atoms with van der Waals surface area (Å²) in [6.07, 6.45) is 2.40. The first-order chi connectivity index (χ1) is 10.1. The summed E-state index contributed by atoms with van der Waals surface area (Å²) in [5.74, 6) is 0.616. The fourth-order valence-electron chi connectivity index (χ4n) is 2.89. The van der Waals surface area contributed by atoms with Crippen molar-refractivity contribution in [3.8, 4) is 0 Å². The predicted octanol–water partition coefficient (Wildman–Crippen LogP) is 4.18. The van der Waals surface area contributed by atoms with Gasteiger partial charge in [0.25, 0.3) is 5.91 Å². The van der Waals surface area contributed by atoms with Crippen molar-refractivity contribution in [1.82, 2.24) is 5.32 Å². The summed E-state index contributed by atoms with van der Waals surface area (Å²) in [4.78, 5) is 12.6. The molecule has 0 radical (unpaired) electrons. The maximum absolute atomic E-state index is 12.6. The maximum Gasteiger partial charge on any atom is 0.251 e. The lowest BCUT2D eigenvalue weighted by molar-refractivity contribution is 0.0931. The Bertz CT molecular complexity index is 624. The molecule has 0 unspecified atom stereocenters. The molecule has 1 N–H and O–H groups in total. The summed E-state index contributed by atoms with van der Waals surface area (Å²) in [6, 6.07) is 16.4. The highest BCUT2D eigenvalue weighted by molar-refractivity contribution is 5.94. The van der Waals surface area contributed by atoms with Gasteiger partial charge in [-0.2, -0.15) is 0 Å². The lowest BCUT2D eigenvalue weighted by atomic mass is 10.0. The van der Waals surface area contributed by atoms with Crippen LogP contribution in [-0.2, 0) is 0 Å². The van der Waals surface area contributed by atoms with Crippen LogP contribution in [0.2, 0.25) is 0 Å². The predicted molar refractivity (Wildman–Crippen MR) is 85.3 cm³/mol. The molecule has 2 heteroatoms. The number of rotatable bonds is 4. The van der Waals surface area contributed by atoms with Gasteiger partial charge in [-0.05, 0) is 50.3 Å². The molecule has 1 aliphatic rings. The van der Waals surface area contributed by atoms with Crippen molar-refractivity contribution in [2.75, 3.05) is 0 Å². The Morgan fingerprint density at radius 3 is 2.24 bits per heavy atom. The molecule has 0 heterocycles. The Morgan fingerprint density at radius 1 is 1.05 bits per heavy atom. The second kappa shape index (κ2) is 5.72. The quantitative estimate of drug-likeness (QED) is 0.893. The number of hydrogen-bond donors (Lipinski definition) is 1. The average Bonchev–Trinajstić information content (AvgIpc) is 3.29. The molecule has 0 aliphatic heterocycles. The number of aryl methyl sites for hydroxylation is 2. The number of carbonyl (C=O) groups excluding carboxylic acids is 1. The van der Waals surface area contributed by atoms with E-state index in [0.29, 0.717) is 5.92 Å². The van der Waals surface area contributed by atoms with Gasteiger partial charge in [0.05, 0.1) is 6.04 Å². The third kappa shape index (κ3) is 3.33. The molecule has 1 amide bonds. The third-order valence-corrected chi connectivity index (χ3v) is 4.02. The minimum Gasteiger partial charge on any atom is -0.345 e. The van der Waals surface area contributed by atoms with Crippen LogP contribution < -0.4 is 5.32 Å². The van der Waals surface area contributed by atoms with Gasteiger partial charge < -0.3 is 5.32 Å². The first-order valence-electron chi connectivity index (χ1n) is 7.57. The van der Waals surface area contributed by atoms with Crippen LogP contribution in [0.25, 0.3) is 0 Å². The van der Waals surface area contributed by atoms with Gasteiger partial charge in [0.15, 0.2) is 0 Å². The van der Waals surface area contributed by atoms with Crippen molar-refractivity contribution in [3.05, 3.63) is 70.8 Å². The van der Waals surface area contributed by atoms with E-state index >= 15 is 0 Å².